The van der Waals surface area contributed by atoms with Gasteiger partial charge in [-0.3, -0.25) is 19.2 Å². The molecular weight excluding hydrogens is 618 g/mol. The fourth-order valence-electron chi connectivity index (χ4n) is 5.27. The van der Waals surface area contributed by atoms with E-state index < -0.39 is 33.8 Å². The van der Waals surface area contributed by atoms with E-state index in [1.165, 1.54) is 18.2 Å². The zero-order valence-corrected chi connectivity index (χ0v) is 29.0. The van der Waals surface area contributed by atoms with E-state index in [4.69, 9.17) is 0 Å². The molecule has 0 aliphatic carbocycles. The molecule has 12 heteroatoms. The van der Waals surface area contributed by atoms with Crippen LogP contribution in [0.25, 0.3) is 4.91 Å². The van der Waals surface area contributed by atoms with Gasteiger partial charge in [0, 0.05) is 36.3 Å². The number of hydrogen-bond acceptors (Lipinski definition) is 7. The molecule has 0 unspecified atom stereocenters. The van der Waals surface area contributed by atoms with Crippen molar-refractivity contribution >= 4 is 38.6 Å². The third-order valence-corrected chi connectivity index (χ3v) is 9.13. The van der Waals surface area contributed by atoms with E-state index in [1.54, 1.807) is 0 Å². The molecule has 11 nitrogen and oxygen atoms in total. The van der Waals surface area contributed by atoms with E-state index in [9.17, 15) is 27.6 Å². The fraction of sp³-hybridized carbons (Fsp3) is 0.486. The van der Waals surface area contributed by atoms with Crippen molar-refractivity contribution in [3.8, 4) is 0 Å². The zero-order chi connectivity index (χ0) is 34.7. The molecule has 47 heavy (non-hydrogen) atoms. The third-order valence-electron chi connectivity index (χ3n) is 7.72. The smallest absolute Gasteiger partial charge is 0.265 e. The Morgan fingerprint density at radius 2 is 1.49 bits per heavy atom. The lowest BCUT2D eigenvalue weighted by molar-refractivity contribution is -0.123. The van der Waals surface area contributed by atoms with Crippen LogP contribution in [0.5, 0.6) is 0 Å². The minimum Gasteiger partial charge on any atom is -0.354 e. The van der Waals surface area contributed by atoms with E-state index in [-0.39, 0.29) is 45.5 Å². The number of carbonyl (C=O) groups is 4. The van der Waals surface area contributed by atoms with Crippen molar-refractivity contribution in [3.63, 3.8) is 0 Å². The van der Waals surface area contributed by atoms with Crippen LogP contribution >= 0.6 is 0 Å². The summed E-state index contributed by atoms with van der Waals surface area (Å²) in [7, 11) is -4.17. The molecule has 5 N–H and O–H groups in total. The predicted molar refractivity (Wildman–Crippen MR) is 184 cm³/mol. The first-order chi connectivity index (χ1) is 22.2. The van der Waals surface area contributed by atoms with Gasteiger partial charge in [-0.2, -0.15) is 0 Å². The summed E-state index contributed by atoms with van der Waals surface area (Å²) in [4.78, 5) is 51.8. The summed E-state index contributed by atoms with van der Waals surface area (Å²) in [5.74, 6) is -1.40. The standard InChI is InChI=1S/C35H49N5O6S/c1-7-8-14-30(35(44)37-20-23(4)5)36-21-29(15-22(2)3)39-34(43)28-17-26(31-19-32(41)40-47(31,45)46)16-27(18-28)33(42)38-24(6)25-12-10-9-11-13-25/h9-13,16-19,22-24,29-30,36H,7-8,14-15,20-21H2,1-6H3,(H,37,44)(H,38,42)(H,39,43)(H,40,41)/t24-,29+,30+/m1/s1. The van der Waals surface area contributed by atoms with Gasteiger partial charge < -0.3 is 21.3 Å². The Morgan fingerprint density at radius 1 is 0.851 bits per heavy atom. The van der Waals surface area contributed by atoms with Crippen molar-refractivity contribution in [2.24, 2.45) is 11.8 Å². The number of carbonyl (C=O) groups excluding carboxylic acids is 4. The average molecular weight is 668 g/mol. The van der Waals surface area contributed by atoms with Gasteiger partial charge in [-0.15, -0.1) is 0 Å². The number of rotatable bonds is 17. The number of benzene rings is 2. The topological polar surface area (TPSA) is 163 Å². The molecule has 2 aromatic rings. The summed E-state index contributed by atoms with van der Waals surface area (Å²) in [5.41, 5.74) is 1.02. The number of sulfonamides is 1. The first kappa shape index (κ1) is 37.4. The monoisotopic (exact) mass is 667 g/mol. The number of nitrogens with one attached hydrogen (secondary N) is 5. The van der Waals surface area contributed by atoms with Gasteiger partial charge in [0.25, 0.3) is 27.7 Å². The molecule has 1 heterocycles. The second-order valence-electron chi connectivity index (χ2n) is 12.9. The first-order valence-electron chi connectivity index (χ1n) is 16.3. The maximum Gasteiger partial charge on any atom is 0.265 e. The summed E-state index contributed by atoms with van der Waals surface area (Å²) in [6.45, 7) is 12.9. The van der Waals surface area contributed by atoms with Gasteiger partial charge in [0.15, 0.2) is 0 Å². The van der Waals surface area contributed by atoms with Crippen molar-refractivity contribution in [2.45, 2.75) is 85.4 Å². The van der Waals surface area contributed by atoms with Crippen LogP contribution in [0.4, 0.5) is 0 Å². The fourth-order valence-corrected chi connectivity index (χ4v) is 6.39. The number of amides is 4. The van der Waals surface area contributed by atoms with Crippen molar-refractivity contribution in [3.05, 3.63) is 76.9 Å². The van der Waals surface area contributed by atoms with Crippen LogP contribution in [0.2, 0.25) is 0 Å². The second-order valence-corrected chi connectivity index (χ2v) is 14.6. The number of hydrogen-bond donors (Lipinski definition) is 5. The van der Waals surface area contributed by atoms with E-state index in [1.807, 2.05) is 69.7 Å². The van der Waals surface area contributed by atoms with E-state index >= 15 is 0 Å². The van der Waals surface area contributed by atoms with Gasteiger partial charge in [-0.25, -0.2) is 13.1 Å². The van der Waals surface area contributed by atoms with Crippen LogP contribution in [0, 0.1) is 11.8 Å². The molecule has 0 saturated heterocycles. The van der Waals surface area contributed by atoms with E-state index in [0.29, 0.717) is 31.8 Å². The Kier molecular flexibility index (Phi) is 13.7. The van der Waals surface area contributed by atoms with Crippen molar-refractivity contribution in [2.75, 3.05) is 13.1 Å². The van der Waals surface area contributed by atoms with Crippen LogP contribution in [0.15, 0.2) is 54.6 Å². The van der Waals surface area contributed by atoms with Crippen molar-refractivity contribution in [1.29, 1.82) is 0 Å². The van der Waals surface area contributed by atoms with Crippen LogP contribution in [0.3, 0.4) is 0 Å². The lowest BCUT2D eigenvalue weighted by Crippen LogP contribution is -2.50. The molecule has 0 saturated carbocycles. The molecule has 0 spiro atoms. The van der Waals surface area contributed by atoms with Crippen LogP contribution in [-0.4, -0.2) is 57.2 Å². The largest absolute Gasteiger partial charge is 0.354 e. The lowest BCUT2D eigenvalue weighted by Gasteiger charge is -2.25. The molecule has 2 aromatic carbocycles. The van der Waals surface area contributed by atoms with E-state index in [0.717, 1.165) is 24.5 Å². The molecule has 0 radical (unpaired) electrons. The molecule has 0 fully saturated rings. The quantitative estimate of drug-likeness (QED) is 0.170. The normalized spacial score (nSPS) is 15.8. The molecule has 3 atom stereocenters. The molecule has 0 bridgehead atoms. The molecule has 1 aliphatic heterocycles. The highest BCUT2D eigenvalue weighted by Crippen LogP contribution is 2.27. The minimum absolute atomic E-state index is 0.0356. The molecular formula is C35H49N5O6S. The van der Waals surface area contributed by atoms with Crippen LogP contribution < -0.4 is 26.0 Å². The zero-order valence-electron chi connectivity index (χ0n) is 28.2. The van der Waals surface area contributed by atoms with Gasteiger partial charge in [0.05, 0.1) is 12.1 Å². The van der Waals surface area contributed by atoms with Crippen molar-refractivity contribution in [1.82, 2.24) is 26.0 Å². The maximum absolute atomic E-state index is 13.8. The Labute approximate surface area is 278 Å². The maximum atomic E-state index is 13.8. The average Bonchev–Trinajstić information content (AvgIpc) is 3.30. The van der Waals surface area contributed by atoms with Gasteiger partial charge in [-0.05, 0) is 60.9 Å². The van der Waals surface area contributed by atoms with Crippen molar-refractivity contribution < 1.29 is 27.6 Å². The van der Waals surface area contributed by atoms with Gasteiger partial charge >= 0.3 is 0 Å². The molecule has 0 aromatic heterocycles. The number of unbranched alkanes of at least 4 members (excludes halogenated alkanes) is 1. The summed E-state index contributed by atoms with van der Waals surface area (Å²) < 4.78 is 27.3. The highest BCUT2D eigenvalue weighted by atomic mass is 32.2. The van der Waals surface area contributed by atoms with Crippen LogP contribution in [-0.2, 0) is 19.6 Å². The Hall–Kier alpha value is -4.03. The molecule has 256 valence electrons. The predicted octanol–water partition coefficient (Wildman–Crippen LogP) is 4.04. The highest BCUT2D eigenvalue weighted by molar-refractivity contribution is 7.99. The Bertz CT molecular complexity index is 1560. The van der Waals surface area contributed by atoms with Crippen LogP contribution in [0.1, 0.15) is 105 Å². The summed E-state index contributed by atoms with van der Waals surface area (Å²) in [6.07, 6.45) is 4.00. The lowest BCUT2D eigenvalue weighted by atomic mass is 10.00. The molecule has 3 rings (SSSR count). The third kappa shape index (κ3) is 11.3. The Morgan fingerprint density at radius 3 is 2.04 bits per heavy atom. The van der Waals surface area contributed by atoms with Gasteiger partial charge in [0.1, 0.15) is 4.91 Å². The highest BCUT2D eigenvalue weighted by Gasteiger charge is 2.31. The molecule has 4 amide bonds. The van der Waals surface area contributed by atoms with Gasteiger partial charge in [0.2, 0.25) is 5.91 Å². The minimum atomic E-state index is -4.17. The summed E-state index contributed by atoms with van der Waals surface area (Å²) in [5, 5.41) is 12.3. The van der Waals surface area contributed by atoms with E-state index in [2.05, 4.69) is 28.2 Å². The summed E-state index contributed by atoms with van der Waals surface area (Å²) in [6, 6.07) is 12.3. The Balaban J connectivity index is 1.90. The second kappa shape index (κ2) is 17.2. The SMILES string of the molecule is CCCC[C@H](NC[C@H](CC(C)C)NC(=O)c1cc(C(=O)N[C@H](C)c2ccccc2)cc(C2=CC(=O)NS2(=O)=O)c1)C(=O)NCC(C)C. The summed E-state index contributed by atoms with van der Waals surface area (Å²) >= 11 is 0. The molecule has 1 aliphatic rings. The van der Waals surface area contributed by atoms with Gasteiger partial charge in [-0.1, -0.05) is 77.8 Å². The first-order valence-corrected chi connectivity index (χ1v) is 17.8.